The average Bonchev–Trinajstić information content (AvgIpc) is 2.29. The molecule has 1 rings (SSSR count). The van der Waals surface area contributed by atoms with Gasteiger partial charge in [0.1, 0.15) is 5.69 Å². The van der Waals surface area contributed by atoms with E-state index in [4.69, 9.17) is 0 Å². The molecule has 6 nitrogen and oxygen atoms in total. The van der Waals surface area contributed by atoms with Gasteiger partial charge in [-0.05, 0) is 51.8 Å². The summed E-state index contributed by atoms with van der Waals surface area (Å²) >= 11 is 0. The molecule has 1 aromatic rings. The maximum absolute atomic E-state index is 11.8. The Morgan fingerprint density at radius 1 is 1.25 bits per heavy atom. The molecule has 6 heteroatoms. The lowest BCUT2D eigenvalue weighted by Crippen LogP contribution is -2.41. The standard InChI is InChI=1S/C14H21N3O3/c1-9-6-11(12(17(19)20)7-10(9)2)16-13(18)8-15-14(3,4)5/h6-7,15H,8H2,1-5H3,(H,16,18). The molecule has 0 aliphatic heterocycles. The number of hydrogen-bond acceptors (Lipinski definition) is 4. The number of rotatable bonds is 4. The number of benzene rings is 1. The summed E-state index contributed by atoms with van der Waals surface area (Å²) in [4.78, 5) is 22.4. The zero-order valence-electron chi connectivity index (χ0n) is 12.5. The highest BCUT2D eigenvalue weighted by Gasteiger charge is 2.18. The quantitative estimate of drug-likeness (QED) is 0.655. The topological polar surface area (TPSA) is 84.3 Å². The monoisotopic (exact) mass is 279 g/mol. The maximum Gasteiger partial charge on any atom is 0.293 e. The summed E-state index contributed by atoms with van der Waals surface area (Å²) in [6.45, 7) is 9.58. The Hall–Kier alpha value is -1.95. The van der Waals surface area contributed by atoms with Crippen LogP contribution in [0, 0.1) is 24.0 Å². The zero-order chi connectivity index (χ0) is 15.5. The van der Waals surface area contributed by atoms with E-state index in [0.717, 1.165) is 11.1 Å². The molecular formula is C14H21N3O3. The molecule has 0 saturated carbocycles. The predicted molar refractivity (Wildman–Crippen MR) is 79.0 cm³/mol. The molecule has 2 N–H and O–H groups in total. The fourth-order valence-corrected chi connectivity index (χ4v) is 1.59. The number of amides is 1. The molecule has 0 heterocycles. The van der Waals surface area contributed by atoms with Crippen LogP contribution in [0.25, 0.3) is 0 Å². The van der Waals surface area contributed by atoms with Crippen LogP contribution in [0.15, 0.2) is 12.1 Å². The van der Waals surface area contributed by atoms with Gasteiger partial charge in [-0.3, -0.25) is 14.9 Å². The van der Waals surface area contributed by atoms with E-state index >= 15 is 0 Å². The SMILES string of the molecule is Cc1cc(NC(=O)CNC(C)(C)C)c([N+](=O)[O-])cc1C. The lowest BCUT2D eigenvalue weighted by Gasteiger charge is -2.20. The third-order valence-corrected chi connectivity index (χ3v) is 2.86. The molecule has 0 radical (unpaired) electrons. The summed E-state index contributed by atoms with van der Waals surface area (Å²) in [6.07, 6.45) is 0. The molecule has 0 unspecified atom stereocenters. The van der Waals surface area contributed by atoms with Gasteiger partial charge in [0.25, 0.3) is 5.69 Å². The maximum atomic E-state index is 11.8. The summed E-state index contributed by atoms with van der Waals surface area (Å²) in [5.41, 5.74) is 1.68. The van der Waals surface area contributed by atoms with E-state index in [1.165, 1.54) is 6.07 Å². The van der Waals surface area contributed by atoms with Crippen LogP contribution in [0.4, 0.5) is 11.4 Å². The van der Waals surface area contributed by atoms with Crippen molar-refractivity contribution in [1.82, 2.24) is 5.32 Å². The first-order valence-corrected chi connectivity index (χ1v) is 6.40. The van der Waals surface area contributed by atoms with E-state index in [0.29, 0.717) is 0 Å². The van der Waals surface area contributed by atoms with Crippen LogP contribution in [0.5, 0.6) is 0 Å². The van der Waals surface area contributed by atoms with Crippen molar-refractivity contribution in [3.63, 3.8) is 0 Å². The first-order valence-electron chi connectivity index (χ1n) is 6.40. The molecule has 0 aromatic heterocycles. The van der Waals surface area contributed by atoms with Gasteiger partial charge >= 0.3 is 0 Å². The summed E-state index contributed by atoms with van der Waals surface area (Å²) in [7, 11) is 0. The van der Waals surface area contributed by atoms with Crippen molar-refractivity contribution in [3.05, 3.63) is 33.4 Å². The van der Waals surface area contributed by atoms with Crippen molar-refractivity contribution in [2.45, 2.75) is 40.2 Å². The van der Waals surface area contributed by atoms with Crippen LogP contribution in [-0.4, -0.2) is 22.9 Å². The number of nitro groups is 1. The second-order valence-corrected chi connectivity index (χ2v) is 5.86. The largest absolute Gasteiger partial charge is 0.319 e. The number of anilines is 1. The van der Waals surface area contributed by atoms with Crippen LogP contribution in [0.1, 0.15) is 31.9 Å². The summed E-state index contributed by atoms with van der Waals surface area (Å²) in [6, 6.07) is 3.10. The van der Waals surface area contributed by atoms with Gasteiger partial charge in [0.2, 0.25) is 5.91 Å². The Kier molecular flexibility index (Phi) is 4.83. The minimum atomic E-state index is -0.487. The van der Waals surface area contributed by atoms with E-state index in [-0.39, 0.29) is 29.4 Å². The van der Waals surface area contributed by atoms with Gasteiger partial charge in [-0.1, -0.05) is 0 Å². The Morgan fingerprint density at radius 3 is 2.30 bits per heavy atom. The van der Waals surface area contributed by atoms with Gasteiger partial charge in [0.05, 0.1) is 11.5 Å². The van der Waals surface area contributed by atoms with Crippen LogP contribution in [0.3, 0.4) is 0 Å². The predicted octanol–water partition coefficient (Wildman–Crippen LogP) is 2.54. The highest BCUT2D eigenvalue weighted by molar-refractivity contribution is 5.94. The number of hydrogen-bond donors (Lipinski definition) is 2. The number of carbonyl (C=O) groups excluding carboxylic acids is 1. The molecule has 0 spiro atoms. The van der Waals surface area contributed by atoms with Crippen LogP contribution in [0.2, 0.25) is 0 Å². The minimum absolute atomic E-state index is 0.0859. The molecule has 110 valence electrons. The van der Waals surface area contributed by atoms with E-state index in [1.807, 2.05) is 27.7 Å². The van der Waals surface area contributed by atoms with Gasteiger partial charge in [0, 0.05) is 11.6 Å². The van der Waals surface area contributed by atoms with Crippen molar-refractivity contribution >= 4 is 17.3 Å². The lowest BCUT2D eigenvalue weighted by atomic mass is 10.1. The molecule has 0 fully saturated rings. The second-order valence-electron chi connectivity index (χ2n) is 5.86. The number of nitrogens with one attached hydrogen (secondary N) is 2. The smallest absolute Gasteiger partial charge is 0.293 e. The van der Waals surface area contributed by atoms with Crippen molar-refractivity contribution in [2.75, 3.05) is 11.9 Å². The van der Waals surface area contributed by atoms with Crippen molar-refractivity contribution in [2.24, 2.45) is 0 Å². The first kappa shape index (κ1) is 16.1. The Labute approximate surface area is 118 Å². The third-order valence-electron chi connectivity index (χ3n) is 2.86. The molecule has 1 aromatic carbocycles. The van der Waals surface area contributed by atoms with Gasteiger partial charge in [-0.2, -0.15) is 0 Å². The zero-order valence-corrected chi connectivity index (χ0v) is 12.5. The molecule has 20 heavy (non-hydrogen) atoms. The molecule has 0 aliphatic rings. The molecule has 0 aliphatic carbocycles. The van der Waals surface area contributed by atoms with E-state index in [2.05, 4.69) is 10.6 Å². The van der Waals surface area contributed by atoms with Crippen molar-refractivity contribution in [1.29, 1.82) is 0 Å². The Balaban J connectivity index is 2.89. The molecule has 0 bridgehead atoms. The summed E-state index contributed by atoms with van der Waals surface area (Å²) < 4.78 is 0. The summed E-state index contributed by atoms with van der Waals surface area (Å²) in [5.74, 6) is -0.300. The van der Waals surface area contributed by atoms with Crippen LogP contribution >= 0.6 is 0 Å². The fourth-order valence-electron chi connectivity index (χ4n) is 1.59. The van der Waals surface area contributed by atoms with E-state index in [9.17, 15) is 14.9 Å². The Bertz CT molecular complexity index is 533. The Morgan fingerprint density at radius 2 is 1.80 bits per heavy atom. The van der Waals surface area contributed by atoms with Crippen molar-refractivity contribution in [3.8, 4) is 0 Å². The number of nitro benzene ring substituents is 1. The van der Waals surface area contributed by atoms with Gasteiger partial charge in [0.15, 0.2) is 0 Å². The molecular weight excluding hydrogens is 258 g/mol. The highest BCUT2D eigenvalue weighted by atomic mass is 16.6. The number of aryl methyl sites for hydroxylation is 2. The van der Waals surface area contributed by atoms with Crippen LogP contribution < -0.4 is 10.6 Å². The third kappa shape index (κ3) is 4.62. The van der Waals surface area contributed by atoms with Gasteiger partial charge in [-0.15, -0.1) is 0 Å². The highest BCUT2D eigenvalue weighted by Crippen LogP contribution is 2.27. The summed E-state index contributed by atoms with van der Waals surface area (Å²) in [5, 5.41) is 16.6. The van der Waals surface area contributed by atoms with Gasteiger partial charge < -0.3 is 10.6 Å². The molecule has 1 amide bonds. The van der Waals surface area contributed by atoms with Crippen LogP contribution in [-0.2, 0) is 4.79 Å². The van der Waals surface area contributed by atoms with Crippen molar-refractivity contribution < 1.29 is 9.72 Å². The number of carbonyl (C=O) groups is 1. The van der Waals surface area contributed by atoms with Gasteiger partial charge in [-0.25, -0.2) is 0 Å². The average molecular weight is 279 g/mol. The second kappa shape index (κ2) is 6.00. The minimum Gasteiger partial charge on any atom is -0.319 e. The molecule has 0 saturated heterocycles. The van der Waals surface area contributed by atoms with E-state index in [1.54, 1.807) is 13.0 Å². The lowest BCUT2D eigenvalue weighted by molar-refractivity contribution is -0.384. The number of nitrogens with zero attached hydrogens (tertiary/aromatic N) is 1. The first-order chi connectivity index (χ1) is 9.10. The fraction of sp³-hybridized carbons (Fsp3) is 0.500. The molecule has 0 atom stereocenters. The normalized spacial score (nSPS) is 11.2. The van der Waals surface area contributed by atoms with E-state index < -0.39 is 4.92 Å².